The molecule has 2 rings (SSSR count). The first kappa shape index (κ1) is 14.7. The first-order chi connectivity index (χ1) is 9.61. The van der Waals surface area contributed by atoms with Gasteiger partial charge in [-0.05, 0) is 50.3 Å². The zero-order valence-electron chi connectivity index (χ0n) is 12.4. The lowest BCUT2D eigenvalue weighted by Gasteiger charge is -2.15. The van der Waals surface area contributed by atoms with Crippen molar-refractivity contribution in [3.63, 3.8) is 0 Å². The second-order valence-electron chi connectivity index (χ2n) is 5.24. The van der Waals surface area contributed by atoms with Crippen molar-refractivity contribution in [1.82, 2.24) is 20.2 Å². The molecule has 108 valence electrons. The van der Waals surface area contributed by atoms with Gasteiger partial charge in [-0.3, -0.25) is 20.9 Å². The van der Waals surface area contributed by atoms with E-state index in [0.29, 0.717) is 0 Å². The van der Waals surface area contributed by atoms with Crippen LogP contribution in [-0.2, 0) is 19.9 Å². The number of aromatic nitrogens is 3. The summed E-state index contributed by atoms with van der Waals surface area (Å²) >= 11 is 0. The average molecular weight is 273 g/mol. The van der Waals surface area contributed by atoms with E-state index in [9.17, 15) is 0 Å². The Kier molecular flexibility index (Phi) is 4.87. The van der Waals surface area contributed by atoms with Gasteiger partial charge in [-0.15, -0.1) is 0 Å². The Bertz CT molecular complexity index is 547. The molecule has 2 aromatic heterocycles. The Morgan fingerprint density at radius 3 is 2.75 bits per heavy atom. The highest BCUT2D eigenvalue weighted by atomic mass is 15.3. The van der Waals surface area contributed by atoms with E-state index in [1.165, 1.54) is 16.8 Å². The van der Waals surface area contributed by atoms with Gasteiger partial charge in [-0.1, -0.05) is 6.07 Å². The van der Waals surface area contributed by atoms with Crippen LogP contribution in [0, 0.1) is 13.8 Å². The topological polar surface area (TPSA) is 68.8 Å². The summed E-state index contributed by atoms with van der Waals surface area (Å²) in [6.07, 6.45) is 6.55. The van der Waals surface area contributed by atoms with Crippen LogP contribution in [-0.4, -0.2) is 20.8 Å². The first-order valence-corrected chi connectivity index (χ1v) is 6.96. The standard InChI is InChI=1S/C15H23N5/c1-11-15(12(2)20(3)19-11)7-6-14(18-16)9-13-5-4-8-17-10-13/h4-5,8,10,14,18H,6-7,9,16H2,1-3H3. The molecule has 0 saturated heterocycles. The number of hydrogen-bond donors (Lipinski definition) is 2. The third-order valence-corrected chi connectivity index (χ3v) is 3.84. The van der Waals surface area contributed by atoms with Gasteiger partial charge in [0.25, 0.3) is 0 Å². The number of hydrazine groups is 1. The molecular weight excluding hydrogens is 250 g/mol. The van der Waals surface area contributed by atoms with Gasteiger partial charge in [0.1, 0.15) is 0 Å². The first-order valence-electron chi connectivity index (χ1n) is 6.96. The van der Waals surface area contributed by atoms with Crippen LogP contribution in [0.2, 0.25) is 0 Å². The van der Waals surface area contributed by atoms with Crippen LogP contribution >= 0.6 is 0 Å². The molecule has 0 fully saturated rings. The predicted octanol–water partition coefficient (Wildman–Crippen LogP) is 1.44. The normalized spacial score (nSPS) is 12.6. The third-order valence-electron chi connectivity index (χ3n) is 3.84. The Hall–Kier alpha value is -1.72. The molecule has 0 bridgehead atoms. The van der Waals surface area contributed by atoms with E-state index in [1.807, 2.05) is 24.0 Å². The molecule has 2 aromatic rings. The van der Waals surface area contributed by atoms with Gasteiger partial charge in [0.2, 0.25) is 0 Å². The summed E-state index contributed by atoms with van der Waals surface area (Å²) in [5, 5.41) is 4.45. The van der Waals surface area contributed by atoms with Crippen molar-refractivity contribution < 1.29 is 0 Å². The van der Waals surface area contributed by atoms with E-state index in [2.05, 4.69) is 35.4 Å². The summed E-state index contributed by atoms with van der Waals surface area (Å²) in [4.78, 5) is 4.14. The van der Waals surface area contributed by atoms with E-state index in [1.54, 1.807) is 6.20 Å². The average Bonchev–Trinajstić information content (AvgIpc) is 2.70. The molecule has 1 atom stereocenters. The molecule has 5 nitrogen and oxygen atoms in total. The lowest BCUT2D eigenvalue weighted by molar-refractivity contribution is 0.490. The Balaban J connectivity index is 1.97. The summed E-state index contributed by atoms with van der Waals surface area (Å²) in [6, 6.07) is 4.29. The zero-order chi connectivity index (χ0) is 14.5. The number of hydrogen-bond acceptors (Lipinski definition) is 4. The summed E-state index contributed by atoms with van der Waals surface area (Å²) in [7, 11) is 1.99. The van der Waals surface area contributed by atoms with Gasteiger partial charge in [0.05, 0.1) is 5.69 Å². The van der Waals surface area contributed by atoms with Gasteiger partial charge in [-0.25, -0.2) is 0 Å². The van der Waals surface area contributed by atoms with Crippen LogP contribution in [0.3, 0.4) is 0 Å². The number of nitrogens with one attached hydrogen (secondary N) is 1. The quantitative estimate of drug-likeness (QED) is 0.617. The minimum Gasteiger partial charge on any atom is -0.272 e. The van der Waals surface area contributed by atoms with Crippen LogP contribution in [0.15, 0.2) is 24.5 Å². The molecule has 0 aromatic carbocycles. The highest BCUT2D eigenvalue weighted by Gasteiger charge is 2.13. The molecule has 3 N–H and O–H groups in total. The number of pyridine rings is 1. The SMILES string of the molecule is Cc1nn(C)c(C)c1CCC(Cc1cccnc1)NN. The molecule has 0 saturated carbocycles. The monoisotopic (exact) mass is 273 g/mol. The summed E-state index contributed by atoms with van der Waals surface area (Å²) in [6.45, 7) is 4.18. The summed E-state index contributed by atoms with van der Waals surface area (Å²) in [5.41, 5.74) is 7.80. The Morgan fingerprint density at radius 1 is 1.40 bits per heavy atom. The van der Waals surface area contributed by atoms with Crippen molar-refractivity contribution in [2.24, 2.45) is 12.9 Å². The van der Waals surface area contributed by atoms with Crippen molar-refractivity contribution in [3.05, 3.63) is 47.0 Å². The molecule has 0 amide bonds. The molecule has 5 heteroatoms. The van der Waals surface area contributed by atoms with Crippen molar-refractivity contribution in [2.75, 3.05) is 0 Å². The molecular formula is C15H23N5. The predicted molar refractivity (Wildman–Crippen MR) is 80.1 cm³/mol. The molecule has 20 heavy (non-hydrogen) atoms. The maximum Gasteiger partial charge on any atom is 0.0628 e. The fraction of sp³-hybridized carbons (Fsp3) is 0.467. The van der Waals surface area contributed by atoms with E-state index in [-0.39, 0.29) is 6.04 Å². The van der Waals surface area contributed by atoms with Crippen molar-refractivity contribution >= 4 is 0 Å². The molecule has 0 spiro atoms. The van der Waals surface area contributed by atoms with Crippen molar-refractivity contribution in [1.29, 1.82) is 0 Å². The maximum atomic E-state index is 5.67. The van der Waals surface area contributed by atoms with Gasteiger partial charge in [-0.2, -0.15) is 5.10 Å². The van der Waals surface area contributed by atoms with Crippen molar-refractivity contribution in [3.8, 4) is 0 Å². The highest BCUT2D eigenvalue weighted by molar-refractivity contribution is 5.24. The highest BCUT2D eigenvalue weighted by Crippen LogP contribution is 2.16. The Morgan fingerprint density at radius 2 is 2.20 bits per heavy atom. The van der Waals surface area contributed by atoms with Crippen LogP contribution in [0.1, 0.15) is 28.9 Å². The van der Waals surface area contributed by atoms with Crippen LogP contribution in [0.25, 0.3) is 0 Å². The van der Waals surface area contributed by atoms with Crippen LogP contribution < -0.4 is 11.3 Å². The van der Waals surface area contributed by atoms with E-state index in [4.69, 9.17) is 5.84 Å². The summed E-state index contributed by atoms with van der Waals surface area (Å²) < 4.78 is 1.94. The zero-order valence-corrected chi connectivity index (χ0v) is 12.4. The fourth-order valence-electron chi connectivity index (χ4n) is 2.55. The minimum atomic E-state index is 0.248. The van der Waals surface area contributed by atoms with E-state index >= 15 is 0 Å². The molecule has 0 radical (unpaired) electrons. The molecule has 0 aliphatic carbocycles. The van der Waals surface area contributed by atoms with Crippen LogP contribution in [0.5, 0.6) is 0 Å². The van der Waals surface area contributed by atoms with Gasteiger partial charge in [0, 0.05) is 31.2 Å². The van der Waals surface area contributed by atoms with E-state index < -0.39 is 0 Å². The van der Waals surface area contributed by atoms with Crippen LogP contribution in [0.4, 0.5) is 0 Å². The minimum absolute atomic E-state index is 0.248. The maximum absolute atomic E-state index is 5.67. The third kappa shape index (κ3) is 3.43. The number of nitrogens with two attached hydrogens (primary N) is 1. The molecule has 0 aliphatic rings. The second kappa shape index (κ2) is 6.63. The summed E-state index contributed by atoms with van der Waals surface area (Å²) in [5.74, 6) is 5.67. The largest absolute Gasteiger partial charge is 0.272 e. The Labute approximate surface area is 120 Å². The van der Waals surface area contributed by atoms with Gasteiger partial charge >= 0.3 is 0 Å². The van der Waals surface area contributed by atoms with Gasteiger partial charge < -0.3 is 0 Å². The number of nitrogens with zero attached hydrogens (tertiary/aromatic N) is 3. The number of aryl methyl sites for hydroxylation is 2. The fourth-order valence-corrected chi connectivity index (χ4v) is 2.55. The van der Waals surface area contributed by atoms with Crippen molar-refractivity contribution in [2.45, 2.75) is 39.2 Å². The molecule has 2 heterocycles. The molecule has 1 unspecified atom stereocenters. The lowest BCUT2D eigenvalue weighted by atomic mass is 9.99. The lowest BCUT2D eigenvalue weighted by Crippen LogP contribution is -2.37. The second-order valence-corrected chi connectivity index (χ2v) is 5.24. The smallest absolute Gasteiger partial charge is 0.0628 e. The van der Waals surface area contributed by atoms with E-state index in [0.717, 1.165) is 25.0 Å². The molecule has 0 aliphatic heterocycles. The number of rotatable bonds is 6. The van der Waals surface area contributed by atoms with Gasteiger partial charge in [0.15, 0.2) is 0 Å².